The van der Waals surface area contributed by atoms with Crippen LogP contribution in [-0.2, 0) is 10.2 Å². The lowest BCUT2D eigenvalue weighted by Gasteiger charge is -2.63. The SMILES string of the molecule is CCOC1CC2(c3ccccc3O1)C1CC3CC(C1)CC2C3. The summed E-state index contributed by atoms with van der Waals surface area (Å²) in [7, 11) is 0. The molecule has 5 aliphatic rings. The third kappa shape index (κ3) is 1.71. The lowest BCUT2D eigenvalue weighted by Crippen LogP contribution is -2.58. The lowest BCUT2D eigenvalue weighted by atomic mass is 9.42. The molecule has 1 aromatic carbocycles. The van der Waals surface area contributed by atoms with Crippen LogP contribution < -0.4 is 4.74 Å². The highest BCUT2D eigenvalue weighted by Crippen LogP contribution is 2.66. The lowest BCUT2D eigenvalue weighted by molar-refractivity contribution is -0.151. The average Bonchev–Trinajstić information content (AvgIpc) is 2.52. The van der Waals surface area contributed by atoms with E-state index in [-0.39, 0.29) is 6.29 Å². The van der Waals surface area contributed by atoms with Crippen molar-refractivity contribution in [3.05, 3.63) is 29.8 Å². The van der Waals surface area contributed by atoms with Crippen LogP contribution in [0, 0.1) is 23.7 Å². The molecule has 0 radical (unpaired) electrons. The minimum atomic E-state index is -0.0440. The summed E-state index contributed by atoms with van der Waals surface area (Å²) < 4.78 is 12.1. The fourth-order valence-electron chi connectivity index (χ4n) is 6.60. The molecule has 4 fully saturated rings. The second-order valence-corrected chi connectivity index (χ2v) is 8.05. The largest absolute Gasteiger partial charge is 0.465 e. The predicted molar refractivity (Wildman–Crippen MR) is 85.8 cm³/mol. The normalized spacial score (nSPS) is 44.9. The summed E-state index contributed by atoms with van der Waals surface area (Å²) in [5.41, 5.74) is 1.84. The van der Waals surface area contributed by atoms with Gasteiger partial charge in [0.05, 0.1) is 0 Å². The van der Waals surface area contributed by atoms with Gasteiger partial charge in [-0.25, -0.2) is 0 Å². The number of fused-ring (bicyclic) bond motifs is 1. The van der Waals surface area contributed by atoms with Crippen molar-refractivity contribution in [3.63, 3.8) is 0 Å². The minimum Gasteiger partial charge on any atom is -0.465 e. The van der Waals surface area contributed by atoms with E-state index in [9.17, 15) is 0 Å². The fraction of sp³-hybridized carbons (Fsp3) is 0.700. The van der Waals surface area contributed by atoms with E-state index >= 15 is 0 Å². The van der Waals surface area contributed by atoms with Crippen LogP contribution in [0.2, 0.25) is 0 Å². The smallest absolute Gasteiger partial charge is 0.200 e. The minimum absolute atomic E-state index is 0.0440. The van der Waals surface area contributed by atoms with Gasteiger partial charge in [0.1, 0.15) is 5.75 Å². The van der Waals surface area contributed by atoms with Gasteiger partial charge in [0.25, 0.3) is 0 Å². The van der Waals surface area contributed by atoms with E-state index in [1.165, 1.54) is 37.7 Å². The van der Waals surface area contributed by atoms with Gasteiger partial charge in [0.15, 0.2) is 0 Å². The Kier molecular flexibility index (Phi) is 2.89. The van der Waals surface area contributed by atoms with Gasteiger partial charge in [-0.15, -0.1) is 0 Å². The molecule has 1 aromatic rings. The van der Waals surface area contributed by atoms with Crippen LogP contribution in [0.15, 0.2) is 24.3 Å². The molecule has 0 N–H and O–H groups in total. The van der Waals surface area contributed by atoms with Crippen molar-refractivity contribution in [2.24, 2.45) is 23.7 Å². The van der Waals surface area contributed by atoms with Crippen LogP contribution >= 0.6 is 0 Å². The average molecular weight is 298 g/mol. The molecular formula is C20H26O2. The van der Waals surface area contributed by atoms with E-state index < -0.39 is 0 Å². The number of para-hydroxylation sites is 1. The maximum Gasteiger partial charge on any atom is 0.200 e. The number of ether oxygens (including phenoxy) is 2. The quantitative estimate of drug-likeness (QED) is 0.799. The molecule has 6 rings (SSSR count). The standard InChI is InChI=1S/C20H26O2/c1-2-21-19-12-20(17-5-3-4-6-18(17)22-19)15-8-13-7-14(10-15)11-16(20)9-13/h3-6,13-16,19H,2,7-12H2,1H3. The van der Waals surface area contributed by atoms with Gasteiger partial charge >= 0.3 is 0 Å². The molecule has 0 amide bonds. The van der Waals surface area contributed by atoms with Crippen molar-refractivity contribution < 1.29 is 9.47 Å². The molecule has 1 heterocycles. The first-order valence-electron chi connectivity index (χ1n) is 9.17. The summed E-state index contributed by atoms with van der Waals surface area (Å²) in [6.45, 7) is 2.82. The highest BCUT2D eigenvalue weighted by Gasteiger charge is 2.60. The molecule has 2 nitrogen and oxygen atoms in total. The molecule has 0 aromatic heterocycles. The first-order valence-corrected chi connectivity index (χ1v) is 9.17. The van der Waals surface area contributed by atoms with Crippen molar-refractivity contribution in [1.82, 2.24) is 0 Å². The summed E-state index contributed by atoms with van der Waals surface area (Å²) in [4.78, 5) is 0. The molecule has 2 heteroatoms. The van der Waals surface area contributed by atoms with Crippen LogP contribution in [0.4, 0.5) is 0 Å². The van der Waals surface area contributed by atoms with E-state index in [1.54, 1.807) is 0 Å². The third-order valence-electron chi connectivity index (χ3n) is 7.10. The molecule has 1 unspecified atom stereocenters. The first-order chi connectivity index (χ1) is 10.8. The number of benzene rings is 1. The maximum atomic E-state index is 6.18. The van der Waals surface area contributed by atoms with Crippen LogP contribution in [-0.4, -0.2) is 12.9 Å². The van der Waals surface area contributed by atoms with Crippen molar-refractivity contribution in [2.75, 3.05) is 6.61 Å². The Hall–Kier alpha value is -1.02. The molecule has 22 heavy (non-hydrogen) atoms. The van der Waals surface area contributed by atoms with E-state index in [4.69, 9.17) is 9.47 Å². The number of rotatable bonds is 2. The zero-order valence-corrected chi connectivity index (χ0v) is 13.5. The van der Waals surface area contributed by atoms with Gasteiger partial charge in [-0.2, -0.15) is 0 Å². The summed E-state index contributed by atoms with van der Waals surface area (Å²) in [6.07, 6.45) is 8.32. The summed E-state index contributed by atoms with van der Waals surface area (Å²) >= 11 is 0. The van der Waals surface area contributed by atoms with E-state index in [0.29, 0.717) is 5.41 Å². The van der Waals surface area contributed by atoms with Gasteiger partial charge in [-0.3, -0.25) is 0 Å². The molecule has 0 saturated heterocycles. The predicted octanol–water partition coefficient (Wildman–Crippen LogP) is 4.53. The Labute approximate surface area is 133 Å². The van der Waals surface area contributed by atoms with Crippen LogP contribution in [0.1, 0.15) is 51.0 Å². The van der Waals surface area contributed by atoms with Crippen LogP contribution in [0.25, 0.3) is 0 Å². The monoisotopic (exact) mass is 298 g/mol. The number of hydrogen-bond donors (Lipinski definition) is 0. The Morgan fingerprint density at radius 3 is 2.41 bits per heavy atom. The van der Waals surface area contributed by atoms with Crippen molar-refractivity contribution in [2.45, 2.75) is 57.2 Å². The molecule has 1 spiro atoms. The Bertz CT molecular complexity index is 551. The molecule has 1 aliphatic heterocycles. The van der Waals surface area contributed by atoms with Crippen molar-refractivity contribution >= 4 is 0 Å². The molecule has 1 atom stereocenters. The summed E-state index contributed by atoms with van der Waals surface area (Å²) in [5.74, 6) is 4.83. The van der Waals surface area contributed by atoms with Gasteiger partial charge in [0.2, 0.25) is 6.29 Å². The van der Waals surface area contributed by atoms with Gasteiger partial charge in [-0.1, -0.05) is 18.2 Å². The van der Waals surface area contributed by atoms with Crippen LogP contribution in [0.5, 0.6) is 5.75 Å². The number of hydrogen-bond acceptors (Lipinski definition) is 2. The van der Waals surface area contributed by atoms with Gasteiger partial charge < -0.3 is 9.47 Å². The Balaban J connectivity index is 1.63. The topological polar surface area (TPSA) is 18.5 Å². The van der Waals surface area contributed by atoms with E-state index in [1.807, 2.05) is 0 Å². The summed E-state index contributed by atoms with van der Waals surface area (Å²) in [5, 5.41) is 0. The highest BCUT2D eigenvalue weighted by molar-refractivity contribution is 5.44. The van der Waals surface area contributed by atoms with Gasteiger partial charge in [0, 0.05) is 24.0 Å². The molecular weight excluding hydrogens is 272 g/mol. The van der Waals surface area contributed by atoms with Crippen molar-refractivity contribution in [3.8, 4) is 5.75 Å². The van der Waals surface area contributed by atoms with E-state index in [2.05, 4.69) is 31.2 Å². The second kappa shape index (κ2) is 4.74. The second-order valence-electron chi connectivity index (χ2n) is 8.05. The van der Waals surface area contributed by atoms with Gasteiger partial charge in [-0.05, 0) is 68.8 Å². The Morgan fingerprint density at radius 2 is 1.73 bits per heavy atom. The van der Waals surface area contributed by atoms with Crippen molar-refractivity contribution in [1.29, 1.82) is 0 Å². The fourth-order valence-corrected chi connectivity index (χ4v) is 6.60. The Morgan fingerprint density at radius 1 is 1.05 bits per heavy atom. The van der Waals surface area contributed by atoms with Crippen LogP contribution in [0.3, 0.4) is 0 Å². The molecule has 4 bridgehead atoms. The zero-order chi connectivity index (χ0) is 14.7. The molecule has 118 valence electrons. The molecule has 4 saturated carbocycles. The third-order valence-corrected chi connectivity index (χ3v) is 7.10. The maximum absolute atomic E-state index is 6.18. The zero-order valence-electron chi connectivity index (χ0n) is 13.5. The first kappa shape index (κ1) is 13.4. The highest BCUT2D eigenvalue weighted by atomic mass is 16.7. The van der Waals surface area contributed by atoms with E-state index in [0.717, 1.165) is 42.4 Å². The summed E-state index contributed by atoms with van der Waals surface area (Å²) in [6, 6.07) is 8.82. The molecule has 4 aliphatic carbocycles.